The maximum atomic E-state index is 11.7. The van der Waals surface area contributed by atoms with E-state index in [1.165, 1.54) is 12.8 Å². The van der Waals surface area contributed by atoms with Gasteiger partial charge in [-0.1, -0.05) is 0 Å². The monoisotopic (exact) mass is 286 g/mol. The lowest BCUT2D eigenvalue weighted by molar-refractivity contribution is -0.133. The summed E-state index contributed by atoms with van der Waals surface area (Å²) in [5.41, 5.74) is 0.513. The molecule has 6 nitrogen and oxygen atoms in total. The first-order valence-electron chi connectivity index (χ1n) is 7.23. The molecular weight excluding hydrogens is 268 g/mol. The number of nitrogens with one attached hydrogen (secondary N) is 1. The van der Waals surface area contributed by atoms with Crippen molar-refractivity contribution in [2.45, 2.75) is 18.9 Å². The Labute approximate surface area is 123 Å². The highest BCUT2D eigenvalue weighted by atomic mass is 16.3. The minimum Gasteiger partial charge on any atom is -0.387 e. The summed E-state index contributed by atoms with van der Waals surface area (Å²) in [5.74, 6) is 1.35. The van der Waals surface area contributed by atoms with Crippen LogP contribution in [-0.2, 0) is 4.79 Å². The number of nitriles is 1. The van der Waals surface area contributed by atoms with Gasteiger partial charge in [-0.2, -0.15) is 5.26 Å². The average molecular weight is 286 g/mol. The number of aliphatic hydroxyl groups excluding tert-OH is 1. The van der Waals surface area contributed by atoms with Crippen LogP contribution in [-0.4, -0.2) is 46.6 Å². The van der Waals surface area contributed by atoms with Gasteiger partial charge in [0.15, 0.2) is 0 Å². The number of carbonyl (C=O) groups excluding carboxylic acids is 1. The number of hydrogen-bond donors (Lipinski definition) is 2. The zero-order chi connectivity index (χ0) is 14.8. The summed E-state index contributed by atoms with van der Waals surface area (Å²) in [6.07, 6.45) is 4.04. The second-order valence-electron chi connectivity index (χ2n) is 5.72. The minimum atomic E-state index is -0.447. The van der Waals surface area contributed by atoms with Crippen molar-refractivity contribution in [3.63, 3.8) is 0 Å². The highest BCUT2D eigenvalue weighted by Crippen LogP contribution is 2.42. The van der Waals surface area contributed by atoms with Crippen molar-refractivity contribution in [3.05, 3.63) is 23.9 Å². The van der Waals surface area contributed by atoms with E-state index in [-0.39, 0.29) is 11.9 Å². The Kier molecular flexibility index (Phi) is 3.76. The number of carbonyl (C=O) groups is 1. The molecule has 1 saturated heterocycles. The lowest BCUT2D eigenvalue weighted by atomic mass is 9.98. The van der Waals surface area contributed by atoms with Crippen LogP contribution >= 0.6 is 0 Å². The Morgan fingerprint density at radius 2 is 2.33 bits per heavy atom. The molecule has 2 N–H and O–H groups in total. The van der Waals surface area contributed by atoms with E-state index in [1.54, 1.807) is 23.2 Å². The van der Waals surface area contributed by atoms with E-state index in [0.29, 0.717) is 36.3 Å². The third-order valence-electron chi connectivity index (χ3n) is 4.33. The molecule has 0 radical (unpaired) electrons. The van der Waals surface area contributed by atoms with Crippen LogP contribution < -0.4 is 5.32 Å². The fourth-order valence-electron chi connectivity index (χ4n) is 3.07. The van der Waals surface area contributed by atoms with Gasteiger partial charge in [-0.15, -0.1) is 0 Å². The van der Waals surface area contributed by atoms with E-state index in [1.807, 2.05) is 0 Å². The van der Waals surface area contributed by atoms with Crippen molar-refractivity contribution in [2.24, 2.45) is 11.8 Å². The highest BCUT2D eigenvalue weighted by Gasteiger charge is 2.43. The molecule has 1 aromatic rings. The van der Waals surface area contributed by atoms with Gasteiger partial charge >= 0.3 is 0 Å². The van der Waals surface area contributed by atoms with Gasteiger partial charge in [0.05, 0.1) is 5.56 Å². The molecule has 1 aliphatic heterocycles. The van der Waals surface area contributed by atoms with Crippen LogP contribution in [0.1, 0.15) is 18.4 Å². The maximum absolute atomic E-state index is 11.7. The zero-order valence-corrected chi connectivity index (χ0v) is 11.7. The largest absolute Gasteiger partial charge is 0.387 e. The fraction of sp³-hybridized carbons (Fsp3) is 0.533. The quantitative estimate of drug-likeness (QED) is 0.846. The first kappa shape index (κ1) is 13.8. The van der Waals surface area contributed by atoms with Gasteiger partial charge in [-0.3, -0.25) is 4.79 Å². The highest BCUT2D eigenvalue weighted by molar-refractivity contribution is 5.77. The molecule has 1 saturated carbocycles. The minimum absolute atomic E-state index is 0.0926. The van der Waals surface area contributed by atoms with Crippen LogP contribution in [0, 0.1) is 23.2 Å². The Morgan fingerprint density at radius 3 is 3.00 bits per heavy atom. The third-order valence-corrected chi connectivity index (χ3v) is 4.33. The summed E-state index contributed by atoms with van der Waals surface area (Å²) in [4.78, 5) is 17.6. The van der Waals surface area contributed by atoms with E-state index in [2.05, 4.69) is 16.4 Å². The van der Waals surface area contributed by atoms with Crippen LogP contribution in [0.4, 0.5) is 5.82 Å². The third kappa shape index (κ3) is 2.83. The summed E-state index contributed by atoms with van der Waals surface area (Å²) in [7, 11) is 0. The molecule has 2 heterocycles. The molecule has 0 bridgehead atoms. The number of amides is 1. The van der Waals surface area contributed by atoms with Crippen LogP contribution in [0.5, 0.6) is 0 Å². The van der Waals surface area contributed by atoms with E-state index < -0.39 is 6.61 Å². The average Bonchev–Trinajstić information content (AvgIpc) is 3.28. The molecule has 1 amide bonds. The number of hydrogen-bond acceptors (Lipinski definition) is 5. The molecule has 0 aromatic carbocycles. The number of pyridine rings is 1. The lowest BCUT2D eigenvalue weighted by Gasteiger charge is -2.20. The predicted octanol–water partition coefficient (Wildman–Crippen LogP) is 0.594. The number of likely N-dealkylation sites (tertiary alicyclic amines) is 1. The molecule has 1 aromatic heterocycles. The summed E-state index contributed by atoms with van der Waals surface area (Å²) in [6, 6.07) is 5.69. The van der Waals surface area contributed by atoms with Gasteiger partial charge in [0.1, 0.15) is 18.5 Å². The summed E-state index contributed by atoms with van der Waals surface area (Å²) in [5, 5.41) is 21.5. The van der Waals surface area contributed by atoms with E-state index >= 15 is 0 Å². The number of anilines is 1. The fourth-order valence-corrected chi connectivity index (χ4v) is 3.07. The molecule has 2 aliphatic rings. The standard InChI is InChI=1S/C15H18N4O2/c16-6-11-2-1-5-17-15(11)18-13-8-19(14(21)9-20)7-12(13)10-3-4-10/h1-2,5,10,12-13,20H,3-4,7-9H2,(H,17,18)/t12-,13+/m1/s1. The Morgan fingerprint density at radius 1 is 1.52 bits per heavy atom. The number of aliphatic hydroxyl groups is 1. The Hall–Kier alpha value is -2.13. The molecule has 110 valence electrons. The molecule has 21 heavy (non-hydrogen) atoms. The van der Waals surface area contributed by atoms with Gasteiger partial charge in [-0.25, -0.2) is 4.98 Å². The second kappa shape index (κ2) is 5.70. The van der Waals surface area contributed by atoms with Crippen molar-refractivity contribution in [1.29, 1.82) is 5.26 Å². The van der Waals surface area contributed by atoms with Gasteiger partial charge < -0.3 is 15.3 Å². The molecule has 6 heteroatoms. The van der Waals surface area contributed by atoms with E-state index in [9.17, 15) is 4.79 Å². The number of rotatable bonds is 4. The summed E-state index contributed by atoms with van der Waals surface area (Å²) < 4.78 is 0. The van der Waals surface area contributed by atoms with Crippen molar-refractivity contribution in [3.8, 4) is 6.07 Å². The van der Waals surface area contributed by atoms with Gasteiger partial charge in [-0.05, 0) is 30.9 Å². The van der Waals surface area contributed by atoms with Crippen molar-refractivity contribution in [2.75, 3.05) is 25.0 Å². The van der Waals surface area contributed by atoms with Gasteiger partial charge in [0.2, 0.25) is 5.91 Å². The molecule has 3 rings (SSSR count). The van der Waals surface area contributed by atoms with E-state index in [4.69, 9.17) is 10.4 Å². The Bertz CT molecular complexity index is 579. The normalized spacial score (nSPS) is 24.7. The molecule has 1 aliphatic carbocycles. The molecule has 0 spiro atoms. The molecular formula is C15H18N4O2. The van der Waals surface area contributed by atoms with Crippen molar-refractivity contribution >= 4 is 11.7 Å². The first-order chi connectivity index (χ1) is 10.2. The van der Waals surface area contributed by atoms with Crippen LogP contribution in [0.25, 0.3) is 0 Å². The van der Waals surface area contributed by atoms with Crippen molar-refractivity contribution < 1.29 is 9.90 Å². The summed E-state index contributed by atoms with van der Waals surface area (Å²) in [6.45, 7) is 0.787. The van der Waals surface area contributed by atoms with Crippen LogP contribution in [0.3, 0.4) is 0 Å². The molecule has 0 unspecified atom stereocenters. The van der Waals surface area contributed by atoms with Crippen LogP contribution in [0.15, 0.2) is 18.3 Å². The number of aromatic nitrogens is 1. The maximum Gasteiger partial charge on any atom is 0.248 e. The van der Waals surface area contributed by atoms with E-state index in [0.717, 1.165) is 0 Å². The zero-order valence-electron chi connectivity index (χ0n) is 11.7. The first-order valence-corrected chi connectivity index (χ1v) is 7.23. The smallest absolute Gasteiger partial charge is 0.248 e. The number of nitrogens with zero attached hydrogens (tertiary/aromatic N) is 3. The van der Waals surface area contributed by atoms with Crippen molar-refractivity contribution in [1.82, 2.24) is 9.88 Å². The predicted molar refractivity (Wildman–Crippen MR) is 76.2 cm³/mol. The van der Waals surface area contributed by atoms with Crippen LogP contribution in [0.2, 0.25) is 0 Å². The summed E-state index contributed by atoms with van der Waals surface area (Å²) >= 11 is 0. The molecule has 2 atom stereocenters. The second-order valence-corrected chi connectivity index (χ2v) is 5.72. The Balaban J connectivity index is 1.76. The molecule has 2 fully saturated rings. The topological polar surface area (TPSA) is 89.3 Å². The lowest BCUT2D eigenvalue weighted by Crippen LogP contribution is -2.33. The van der Waals surface area contributed by atoms with Gasteiger partial charge in [0.25, 0.3) is 0 Å². The SMILES string of the molecule is N#Cc1cccnc1N[C@H]1CN(C(=O)CO)C[C@@H]1C1CC1. The van der Waals surface area contributed by atoms with Gasteiger partial charge in [0, 0.05) is 31.2 Å².